The summed E-state index contributed by atoms with van der Waals surface area (Å²) in [6, 6.07) is 10.4. The lowest BCUT2D eigenvalue weighted by Crippen LogP contribution is -2.06. The third-order valence-corrected chi connectivity index (χ3v) is 3.19. The standard InChI is InChI=1S/C16H13N3O3/c1-9(20)17-10-6-7-12-14(8-10)18-13-5-3-4-11(15(13)19-12)16(21)22-2/h3-8H,1-2H3,(H,17,20). The maximum Gasteiger partial charge on any atom is 0.340 e. The fourth-order valence-electron chi connectivity index (χ4n) is 2.25. The minimum absolute atomic E-state index is 0.152. The summed E-state index contributed by atoms with van der Waals surface area (Å²) in [6.07, 6.45) is 0. The lowest BCUT2D eigenvalue weighted by Gasteiger charge is -2.07. The van der Waals surface area contributed by atoms with Crippen molar-refractivity contribution in [2.45, 2.75) is 6.92 Å². The number of nitrogens with one attached hydrogen (secondary N) is 1. The molecule has 0 saturated heterocycles. The van der Waals surface area contributed by atoms with Gasteiger partial charge in [-0.3, -0.25) is 4.79 Å². The molecule has 3 rings (SSSR count). The van der Waals surface area contributed by atoms with Crippen molar-refractivity contribution >= 4 is 39.6 Å². The summed E-state index contributed by atoms with van der Waals surface area (Å²) in [6.45, 7) is 1.44. The molecule has 0 fully saturated rings. The van der Waals surface area contributed by atoms with Crippen molar-refractivity contribution in [3.63, 3.8) is 0 Å². The van der Waals surface area contributed by atoms with Crippen LogP contribution in [0.5, 0.6) is 0 Å². The number of hydrogen-bond donors (Lipinski definition) is 1. The van der Waals surface area contributed by atoms with Gasteiger partial charge in [0.15, 0.2) is 0 Å². The Hall–Kier alpha value is -3.02. The highest BCUT2D eigenvalue weighted by atomic mass is 16.5. The quantitative estimate of drug-likeness (QED) is 0.580. The average molecular weight is 295 g/mol. The summed E-state index contributed by atoms with van der Waals surface area (Å²) >= 11 is 0. The zero-order chi connectivity index (χ0) is 15.7. The first-order valence-electron chi connectivity index (χ1n) is 6.65. The number of hydrogen-bond acceptors (Lipinski definition) is 5. The number of fused-ring (bicyclic) bond motifs is 2. The SMILES string of the molecule is COC(=O)c1cccc2nc3cc(NC(C)=O)ccc3nc12. The number of benzene rings is 2. The molecule has 2 aromatic carbocycles. The Morgan fingerprint density at radius 1 is 1.05 bits per heavy atom. The molecular formula is C16H13N3O3. The molecule has 0 spiro atoms. The zero-order valence-electron chi connectivity index (χ0n) is 12.1. The van der Waals surface area contributed by atoms with Gasteiger partial charge in [0.2, 0.25) is 5.91 Å². The summed E-state index contributed by atoms with van der Waals surface area (Å²) in [7, 11) is 1.33. The van der Waals surface area contributed by atoms with Crippen molar-refractivity contribution < 1.29 is 14.3 Å². The van der Waals surface area contributed by atoms with Crippen LogP contribution in [0.3, 0.4) is 0 Å². The lowest BCUT2D eigenvalue weighted by molar-refractivity contribution is -0.114. The van der Waals surface area contributed by atoms with Crippen LogP contribution < -0.4 is 5.32 Å². The number of aromatic nitrogens is 2. The van der Waals surface area contributed by atoms with Gasteiger partial charge in [0.25, 0.3) is 0 Å². The van der Waals surface area contributed by atoms with Gasteiger partial charge in [0, 0.05) is 12.6 Å². The Morgan fingerprint density at radius 2 is 1.86 bits per heavy atom. The normalized spacial score (nSPS) is 10.6. The zero-order valence-corrected chi connectivity index (χ0v) is 12.1. The first-order chi connectivity index (χ1) is 10.6. The van der Waals surface area contributed by atoms with E-state index in [0.29, 0.717) is 33.3 Å². The fraction of sp³-hybridized carbons (Fsp3) is 0.125. The molecule has 0 aliphatic rings. The van der Waals surface area contributed by atoms with Gasteiger partial charge in [-0.05, 0) is 30.3 Å². The highest BCUT2D eigenvalue weighted by Crippen LogP contribution is 2.22. The predicted molar refractivity (Wildman–Crippen MR) is 82.7 cm³/mol. The number of para-hydroxylation sites is 1. The number of anilines is 1. The monoisotopic (exact) mass is 295 g/mol. The molecule has 1 N–H and O–H groups in total. The molecule has 1 heterocycles. The molecule has 110 valence electrons. The van der Waals surface area contributed by atoms with Gasteiger partial charge in [-0.2, -0.15) is 0 Å². The van der Waals surface area contributed by atoms with Crippen LogP contribution in [0.15, 0.2) is 36.4 Å². The van der Waals surface area contributed by atoms with Gasteiger partial charge >= 0.3 is 5.97 Å². The molecule has 0 radical (unpaired) electrons. The molecule has 6 heteroatoms. The summed E-state index contributed by atoms with van der Waals surface area (Å²) in [5, 5.41) is 2.70. The van der Waals surface area contributed by atoms with E-state index in [2.05, 4.69) is 15.3 Å². The van der Waals surface area contributed by atoms with Crippen LogP contribution >= 0.6 is 0 Å². The van der Waals surface area contributed by atoms with Crippen LogP contribution in [0.4, 0.5) is 5.69 Å². The van der Waals surface area contributed by atoms with E-state index in [1.165, 1.54) is 14.0 Å². The third-order valence-electron chi connectivity index (χ3n) is 3.19. The summed E-state index contributed by atoms with van der Waals surface area (Å²) in [5.74, 6) is -0.602. The molecule has 0 aliphatic carbocycles. The lowest BCUT2D eigenvalue weighted by atomic mass is 10.1. The van der Waals surface area contributed by atoms with Crippen molar-refractivity contribution in [1.29, 1.82) is 0 Å². The molecule has 0 atom stereocenters. The van der Waals surface area contributed by atoms with Crippen molar-refractivity contribution in [1.82, 2.24) is 9.97 Å². The number of carbonyl (C=O) groups excluding carboxylic acids is 2. The predicted octanol–water partition coefficient (Wildman–Crippen LogP) is 2.53. The van der Waals surface area contributed by atoms with E-state index in [-0.39, 0.29) is 5.91 Å². The van der Waals surface area contributed by atoms with E-state index in [4.69, 9.17) is 4.74 Å². The van der Waals surface area contributed by atoms with E-state index in [9.17, 15) is 9.59 Å². The molecule has 22 heavy (non-hydrogen) atoms. The second kappa shape index (κ2) is 5.40. The van der Waals surface area contributed by atoms with E-state index >= 15 is 0 Å². The van der Waals surface area contributed by atoms with E-state index in [0.717, 1.165) is 0 Å². The highest BCUT2D eigenvalue weighted by Gasteiger charge is 2.13. The van der Waals surface area contributed by atoms with Crippen LogP contribution in [0.1, 0.15) is 17.3 Å². The number of amides is 1. The van der Waals surface area contributed by atoms with Crippen molar-refractivity contribution in [2.75, 3.05) is 12.4 Å². The topological polar surface area (TPSA) is 81.2 Å². The number of carbonyl (C=O) groups is 2. The van der Waals surface area contributed by atoms with E-state index in [1.54, 1.807) is 36.4 Å². The molecule has 1 aromatic heterocycles. The number of methoxy groups -OCH3 is 1. The largest absolute Gasteiger partial charge is 0.465 e. The minimum atomic E-state index is -0.450. The average Bonchev–Trinajstić information content (AvgIpc) is 2.51. The van der Waals surface area contributed by atoms with Crippen LogP contribution in [-0.2, 0) is 9.53 Å². The van der Waals surface area contributed by atoms with Gasteiger partial charge in [-0.1, -0.05) is 6.07 Å². The smallest absolute Gasteiger partial charge is 0.340 e. The number of esters is 1. The maximum absolute atomic E-state index is 11.8. The molecule has 1 amide bonds. The summed E-state index contributed by atoms with van der Waals surface area (Å²) < 4.78 is 4.77. The second-order valence-electron chi connectivity index (χ2n) is 4.77. The summed E-state index contributed by atoms with van der Waals surface area (Å²) in [5.41, 5.74) is 3.39. The Labute approximate surface area is 126 Å². The van der Waals surface area contributed by atoms with Gasteiger partial charge in [-0.25, -0.2) is 14.8 Å². The van der Waals surface area contributed by atoms with E-state index in [1.807, 2.05) is 0 Å². The van der Waals surface area contributed by atoms with Gasteiger partial charge in [0.1, 0.15) is 5.52 Å². The van der Waals surface area contributed by atoms with Crippen LogP contribution in [0.2, 0.25) is 0 Å². The second-order valence-corrected chi connectivity index (χ2v) is 4.77. The van der Waals surface area contributed by atoms with Gasteiger partial charge in [0.05, 0.1) is 29.2 Å². The molecule has 3 aromatic rings. The highest BCUT2D eigenvalue weighted by molar-refractivity contribution is 6.03. The van der Waals surface area contributed by atoms with Gasteiger partial charge < -0.3 is 10.1 Å². The molecule has 0 unspecified atom stereocenters. The summed E-state index contributed by atoms with van der Waals surface area (Å²) in [4.78, 5) is 31.9. The molecule has 6 nitrogen and oxygen atoms in total. The fourth-order valence-corrected chi connectivity index (χ4v) is 2.25. The Kier molecular flexibility index (Phi) is 3.42. The first-order valence-corrected chi connectivity index (χ1v) is 6.65. The minimum Gasteiger partial charge on any atom is -0.465 e. The Morgan fingerprint density at radius 3 is 2.59 bits per heavy atom. The van der Waals surface area contributed by atoms with Crippen LogP contribution in [-0.4, -0.2) is 29.0 Å². The van der Waals surface area contributed by atoms with Gasteiger partial charge in [-0.15, -0.1) is 0 Å². The number of nitrogens with zero attached hydrogens (tertiary/aromatic N) is 2. The molecule has 0 aliphatic heterocycles. The molecule has 0 saturated carbocycles. The first kappa shape index (κ1) is 13.9. The molecular weight excluding hydrogens is 282 g/mol. The Balaban J connectivity index is 2.21. The van der Waals surface area contributed by atoms with Crippen molar-refractivity contribution in [3.05, 3.63) is 42.0 Å². The van der Waals surface area contributed by atoms with Crippen LogP contribution in [0, 0.1) is 0 Å². The molecule has 0 bridgehead atoms. The number of ether oxygens (including phenoxy) is 1. The third kappa shape index (κ3) is 2.46. The van der Waals surface area contributed by atoms with E-state index < -0.39 is 5.97 Å². The van der Waals surface area contributed by atoms with Crippen LogP contribution in [0.25, 0.3) is 22.1 Å². The number of rotatable bonds is 2. The maximum atomic E-state index is 11.8. The van der Waals surface area contributed by atoms with Crippen molar-refractivity contribution in [2.24, 2.45) is 0 Å². The van der Waals surface area contributed by atoms with Crippen molar-refractivity contribution in [3.8, 4) is 0 Å². The Bertz CT molecular complexity index is 906.